The van der Waals surface area contributed by atoms with Gasteiger partial charge in [-0.3, -0.25) is 9.48 Å². The fourth-order valence-electron chi connectivity index (χ4n) is 2.45. The molecule has 1 heterocycles. The molecule has 0 aliphatic heterocycles. The highest BCUT2D eigenvalue weighted by Crippen LogP contribution is 2.23. The Kier molecular flexibility index (Phi) is 4.89. The van der Waals surface area contributed by atoms with E-state index in [1.54, 1.807) is 10.9 Å². The van der Waals surface area contributed by atoms with Crippen molar-refractivity contribution in [2.75, 3.05) is 6.61 Å². The summed E-state index contributed by atoms with van der Waals surface area (Å²) in [5, 5.41) is 4.52. The van der Waals surface area contributed by atoms with Gasteiger partial charge in [0.2, 0.25) is 0 Å². The summed E-state index contributed by atoms with van der Waals surface area (Å²) in [5.41, 5.74) is 7.69. The predicted octanol–water partition coefficient (Wildman–Crippen LogP) is 2.24. The van der Waals surface area contributed by atoms with Crippen LogP contribution < -0.4 is 5.73 Å². The first-order valence-corrected chi connectivity index (χ1v) is 7.75. The van der Waals surface area contributed by atoms with E-state index >= 15 is 0 Å². The van der Waals surface area contributed by atoms with Gasteiger partial charge in [0, 0.05) is 11.8 Å². The molecule has 0 aliphatic carbocycles. The van der Waals surface area contributed by atoms with E-state index in [0.717, 1.165) is 11.1 Å². The lowest BCUT2D eigenvalue weighted by molar-refractivity contribution is -0.121. The molecule has 0 saturated heterocycles. The highest BCUT2D eigenvalue weighted by atomic mass is 16.5. The van der Waals surface area contributed by atoms with Crippen LogP contribution in [-0.2, 0) is 16.1 Å². The van der Waals surface area contributed by atoms with Gasteiger partial charge in [-0.1, -0.05) is 60.7 Å². The molecule has 126 valence electrons. The number of hydrogen-bond donors (Lipinski definition) is 1. The molecule has 0 bridgehead atoms. The molecule has 2 N–H and O–H groups in total. The van der Waals surface area contributed by atoms with Crippen molar-refractivity contribution in [2.45, 2.75) is 6.54 Å². The van der Waals surface area contributed by atoms with Gasteiger partial charge in [-0.25, -0.2) is 4.79 Å². The standard InChI is InChI=1S/C19H17N3O3/c20-17(23)13-25-19(24)16-12-22(11-14-7-3-1-4-8-14)21-18(16)15-9-5-2-6-10-15/h1-10,12H,11,13H2,(H2,20,23). The molecular formula is C19H17N3O3. The van der Waals surface area contributed by atoms with E-state index in [2.05, 4.69) is 5.10 Å². The molecule has 25 heavy (non-hydrogen) atoms. The van der Waals surface area contributed by atoms with E-state index in [0.29, 0.717) is 17.8 Å². The average molecular weight is 335 g/mol. The summed E-state index contributed by atoms with van der Waals surface area (Å²) in [6.45, 7) is 0.0563. The molecule has 6 nitrogen and oxygen atoms in total. The molecule has 1 aromatic heterocycles. The van der Waals surface area contributed by atoms with Gasteiger partial charge in [-0.2, -0.15) is 5.10 Å². The van der Waals surface area contributed by atoms with Crippen molar-refractivity contribution in [3.63, 3.8) is 0 Å². The minimum absolute atomic E-state index is 0.295. The van der Waals surface area contributed by atoms with Crippen molar-refractivity contribution >= 4 is 11.9 Å². The van der Waals surface area contributed by atoms with Crippen LogP contribution in [0.15, 0.2) is 66.9 Å². The number of nitrogens with two attached hydrogens (primary N) is 1. The van der Waals surface area contributed by atoms with Crippen molar-refractivity contribution in [2.24, 2.45) is 5.73 Å². The van der Waals surface area contributed by atoms with Crippen LogP contribution >= 0.6 is 0 Å². The number of benzene rings is 2. The Morgan fingerprint density at radius 2 is 1.64 bits per heavy atom. The van der Waals surface area contributed by atoms with Crippen molar-refractivity contribution in [1.29, 1.82) is 0 Å². The zero-order chi connectivity index (χ0) is 17.6. The third kappa shape index (κ3) is 4.11. The van der Waals surface area contributed by atoms with Crippen LogP contribution in [0.4, 0.5) is 0 Å². The Bertz CT molecular complexity index is 873. The molecule has 0 aliphatic rings. The number of ether oxygens (including phenoxy) is 1. The molecule has 0 fully saturated rings. The highest BCUT2D eigenvalue weighted by Gasteiger charge is 2.19. The first-order valence-electron chi connectivity index (χ1n) is 7.75. The lowest BCUT2D eigenvalue weighted by atomic mass is 10.1. The van der Waals surface area contributed by atoms with Crippen molar-refractivity contribution < 1.29 is 14.3 Å². The molecule has 0 atom stereocenters. The maximum absolute atomic E-state index is 12.3. The zero-order valence-electron chi connectivity index (χ0n) is 13.5. The zero-order valence-corrected chi connectivity index (χ0v) is 13.5. The second kappa shape index (κ2) is 7.44. The number of carbonyl (C=O) groups is 2. The number of rotatable bonds is 6. The van der Waals surface area contributed by atoms with Crippen LogP contribution in [0.5, 0.6) is 0 Å². The van der Waals surface area contributed by atoms with Gasteiger partial charge in [0.05, 0.1) is 6.54 Å². The van der Waals surface area contributed by atoms with Gasteiger partial charge in [0.15, 0.2) is 6.61 Å². The molecular weight excluding hydrogens is 318 g/mol. The van der Waals surface area contributed by atoms with Gasteiger partial charge in [0.1, 0.15) is 11.3 Å². The Labute approximate surface area is 144 Å². The second-order valence-corrected chi connectivity index (χ2v) is 5.48. The fourth-order valence-corrected chi connectivity index (χ4v) is 2.45. The van der Waals surface area contributed by atoms with E-state index in [4.69, 9.17) is 10.5 Å². The van der Waals surface area contributed by atoms with Gasteiger partial charge < -0.3 is 10.5 Å². The van der Waals surface area contributed by atoms with Gasteiger partial charge >= 0.3 is 5.97 Å². The van der Waals surface area contributed by atoms with Crippen LogP contribution in [0.3, 0.4) is 0 Å². The van der Waals surface area contributed by atoms with Gasteiger partial charge in [0.25, 0.3) is 5.91 Å². The number of hydrogen-bond acceptors (Lipinski definition) is 4. The number of esters is 1. The number of carbonyl (C=O) groups excluding carboxylic acids is 2. The maximum atomic E-state index is 12.3. The largest absolute Gasteiger partial charge is 0.452 e. The summed E-state index contributed by atoms with van der Waals surface area (Å²) in [4.78, 5) is 23.2. The van der Waals surface area contributed by atoms with E-state index in [1.807, 2.05) is 60.7 Å². The first-order chi connectivity index (χ1) is 12.1. The van der Waals surface area contributed by atoms with Crippen molar-refractivity contribution in [3.8, 4) is 11.3 Å². The number of primary amides is 1. The number of amides is 1. The molecule has 0 radical (unpaired) electrons. The summed E-state index contributed by atoms with van der Waals surface area (Å²) in [5.74, 6) is -1.33. The van der Waals surface area contributed by atoms with Gasteiger partial charge in [-0.15, -0.1) is 0 Å². The van der Waals surface area contributed by atoms with Crippen LogP contribution in [0, 0.1) is 0 Å². The molecule has 0 unspecified atom stereocenters. The Morgan fingerprint density at radius 1 is 1.00 bits per heavy atom. The van der Waals surface area contributed by atoms with Crippen molar-refractivity contribution in [1.82, 2.24) is 9.78 Å². The highest BCUT2D eigenvalue weighted by molar-refractivity contribution is 5.97. The molecule has 0 saturated carbocycles. The smallest absolute Gasteiger partial charge is 0.342 e. The molecule has 0 spiro atoms. The molecule has 1 amide bonds. The fraction of sp³-hybridized carbons (Fsp3) is 0.105. The Hall–Kier alpha value is -3.41. The molecule has 6 heteroatoms. The lowest BCUT2D eigenvalue weighted by Gasteiger charge is -2.02. The minimum Gasteiger partial charge on any atom is -0.452 e. The van der Waals surface area contributed by atoms with E-state index in [9.17, 15) is 9.59 Å². The lowest BCUT2D eigenvalue weighted by Crippen LogP contribution is -2.21. The minimum atomic E-state index is -0.703. The third-order valence-corrected chi connectivity index (χ3v) is 3.56. The SMILES string of the molecule is NC(=O)COC(=O)c1cn(Cc2ccccc2)nc1-c1ccccc1. The average Bonchev–Trinajstić information content (AvgIpc) is 3.05. The Morgan fingerprint density at radius 3 is 2.28 bits per heavy atom. The quantitative estimate of drug-likeness (QED) is 0.700. The Balaban J connectivity index is 1.94. The van der Waals surface area contributed by atoms with Crippen LogP contribution in [0.25, 0.3) is 11.3 Å². The van der Waals surface area contributed by atoms with Crippen molar-refractivity contribution in [3.05, 3.63) is 78.0 Å². The first kappa shape index (κ1) is 16.4. The summed E-state index contributed by atoms with van der Waals surface area (Å²) in [6.07, 6.45) is 1.62. The number of aromatic nitrogens is 2. The molecule has 3 rings (SSSR count). The summed E-state index contributed by atoms with van der Waals surface area (Å²) in [6, 6.07) is 19.1. The topological polar surface area (TPSA) is 87.2 Å². The molecule has 2 aromatic carbocycles. The van der Waals surface area contributed by atoms with E-state index in [-0.39, 0.29) is 0 Å². The summed E-state index contributed by atoms with van der Waals surface area (Å²) < 4.78 is 6.63. The monoisotopic (exact) mass is 335 g/mol. The van der Waals surface area contributed by atoms with E-state index in [1.165, 1.54) is 0 Å². The summed E-state index contributed by atoms with van der Waals surface area (Å²) in [7, 11) is 0. The number of nitrogens with zero attached hydrogens (tertiary/aromatic N) is 2. The predicted molar refractivity (Wildman–Crippen MR) is 92.7 cm³/mol. The molecule has 3 aromatic rings. The third-order valence-electron chi connectivity index (χ3n) is 3.56. The second-order valence-electron chi connectivity index (χ2n) is 5.48. The van der Waals surface area contributed by atoms with Gasteiger partial charge in [-0.05, 0) is 5.56 Å². The van der Waals surface area contributed by atoms with E-state index < -0.39 is 18.5 Å². The van der Waals surface area contributed by atoms with Crippen LogP contribution in [0.1, 0.15) is 15.9 Å². The van der Waals surface area contributed by atoms with Crippen LogP contribution in [0.2, 0.25) is 0 Å². The van der Waals surface area contributed by atoms with Crippen LogP contribution in [-0.4, -0.2) is 28.3 Å². The maximum Gasteiger partial charge on any atom is 0.342 e. The normalized spacial score (nSPS) is 10.4. The summed E-state index contributed by atoms with van der Waals surface area (Å²) >= 11 is 0.